The van der Waals surface area contributed by atoms with E-state index in [0.717, 1.165) is 0 Å². The molecule has 0 N–H and O–H groups in total. The second-order valence-corrected chi connectivity index (χ2v) is 3.91. The molecule has 0 fully saturated rings. The van der Waals surface area contributed by atoms with Crippen molar-refractivity contribution in [1.29, 1.82) is 0 Å². The molecule has 0 amide bonds. The molecule has 4 nitrogen and oxygen atoms in total. The summed E-state index contributed by atoms with van der Waals surface area (Å²) in [4.78, 5) is 5.67. The minimum absolute atomic E-state index is 0.333. The number of pyridine rings is 1. The Balaban J connectivity index is 2.86. The summed E-state index contributed by atoms with van der Waals surface area (Å²) in [6.07, 6.45) is 1.40. The van der Waals surface area contributed by atoms with E-state index in [0.29, 0.717) is 15.9 Å². The van der Waals surface area contributed by atoms with Crippen molar-refractivity contribution in [3.8, 4) is 0 Å². The Morgan fingerprint density at radius 1 is 1.50 bits per heavy atom. The van der Waals surface area contributed by atoms with Crippen molar-refractivity contribution in [2.45, 2.75) is 0 Å². The van der Waals surface area contributed by atoms with Crippen LogP contribution in [0.25, 0.3) is 5.65 Å². The monoisotopic (exact) mass is 258 g/mol. The van der Waals surface area contributed by atoms with Crippen molar-refractivity contribution in [3.63, 3.8) is 0 Å². The Morgan fingerprint density at radius 2 is 2.21 bits per heavy atom. The molecule has 14 heavy (non-hydrogen) atoms. The molecule has 6 heteroatoms. The third-order valence-corrected chi connectivity index (χ3v) is 2.44. The summed E-state index contributed by atoms with van der Waals surface area (Å²) in [5.74, 6) is 0.0561. The summed E-state index contributed by atoms with van der Waals surface area (Å²) in [5, 5.41) is 3.96. The molecule has 0 aliphatic rings. The summed E-state index contributed by atoms with van der Waals surface area (Å²) >= 11 is 3.23. The zero-order chi connectivity index (χ0) is 10.3. The number of halogens is 2. The fraction of sp³-hybridized carbons (Fsp3) is 0.250. The van der Waals surface area contributed by atoms with Gasteiger partial charge in [-0.1, -0.05) is 0 Å². The van der Waals surface area contributed by atoms with E-state index in [9.17, 15) is 4.39 Å². The van der Waals surface area contributed by atoms with E-state index in [-0.39, 0.29) is 5.82 Å². The van der Waals surface area contributed by atoms with Crippen LogP contribution in [0.15, 0.2) is 16.9 Å². The van der Waals surface area contributed by atoms with Gasteiger partial charge in [0.05, 0.1) is 4.47 Å². The lowest BCUT2D eigenvalue weighted by molar-refractivity contribution is 0.611. The molecular formula is C8H8BrFN4. The maximum atomic E-state index is 13.5. The zero-order valence-corrected chi connectivity index (χ0v) is 9.29. The molecule has 0 aliphatic heterocycles. The molecule has 0 aliphatic carbocycles. The van der Waals surface area contributed by atoms with Crippen LogP contribution in [0.2, 0.25) is 0 Å². The number of anilines is 1. The minimum Gasteiger partial charge on any atom is -0.360 e. The molecule has 2 aromatic rings. The van der Waals surface area contributed by atoms with E-state index < -0.39 is 0 Å². The first-order valence-corrected chi connectivity index (χ1v) is 4.75. The average molecular weight is 259 g/mol. The third-order valence-electron chi connectivity index (χ3n) is 1.85. The van der Waals surface area contributed by atoms with Crippen molar-refractivity contribution in [1.82, 2.24) is 14.6 Å². The fourth-order valence-corrected chi connectivity index (χ4v) is 1.78. The van der Waals surface area contributed by atoms with Crippen molar-refractivity contribution >= 4 is 27.4 Å². The van der Waals surface area contributed by atoms with Gasteiger partial charge in [-0.25, -0.2) is 9.37 Å². The highest BCUT2D eigenvalue weighted by Gasteiger charge is 2.13. The number of aromatic nitrogens is 3. The van der Waals surface area contributed by atoms with E-state index in [1.807, 2.05) is 0 Å². The molecule has 0 saturated heterocycles. The lowest BCUT2D eigenvalue weighted by Gasteiger charge is -2.14. The molecule has 2 rings (SSSR count). The highest BCUT2D eigenvalue weighted by atomic mass is 79.9. The van der Waals surface area contributed by atoms with Crippen LogP contribution in [0.5, 0.6) is 0 Å². The first kappa shape index (κ1) is 9.39. The molecular weight excluding hydrogens is 251 g/mol. The third kappa shape index (κ3) is 1.26. The van der Waals surface area contributed by atoms with Crippen LogP contribution in [0.4, 0.5) is 10.2 Å². The van der Waals surface area contributed by atoms with Gasteiger partial charge in [-0.05, 0) is 22.0 Å². The lowest BCUT2D eigenvalue weighted by Crippen LogP contribution is -2.15. The van der Waals surface area contributed by atoms with Crippen LogP contribution in [0.1, 0.15) is 0 Å². The van der Waals surface area contributed by atoms with Crippen molar-refractivity contribution in [2.24, 2.45) is 0 Å². The van der Waals surface area contributed by atoms with Gasteiger partial charge in [0.25, 0.3) is 0 Å². The molecule has 0 aromatic carbocycles. The van der Waals surface area contributed by atoms with Gasteiger partial charge in [-0.2, -0.15) is 9.61 Å². The summed E-state index contributed by atoms with van der Waals surface area (Å²) in [7, 11) is 3.51. The highest BCUT2D eigenvalue weighted by molar-refractivity contribution is 9.10. The van der Waals surface area contributed by atoms with Crippen LogP contribution >= 0.6 is 15.9 Å². The molecule has 74 valence electrons. The molecule has 0 saturated carbocycles. The Hall–Kier alpha value is -1.17. The largest absolute Gasteiger partial charge is 0.360 e. The minimum atomic E-state index is -0.333. The molecule has 0 unspecified atom stereocenters. The SMILES string of the molecule is CN(C)c1c(F)cc(Br)c2ncnn12. The van der Waals surface area contributed by atoms with Gasteiger partial charge >= 0.3 is 0 Å². The lowest BCUT2D eigenvalue weighted by atomic mass is 10.4. The first-order chi connectivity index (χ1) is 6.61. The van der Waals surface area contributed by atoms with Crippen LogP contribution in [-0.4, -0.2) is 28.7 Å². The Labute approximate surface area is 88.5 Å². The normalized spacial score (nSPS) is 10.9. The molecule has 0 spiro atoms. The molecule has 2 heterocycles. The highest BCUT2D eigenvalue weighted by Crippen LogP contribution is 2.24. The average Bonchev–Trinajstić information content (AvgIpc) is 2.51. The van der Waals surface area contributed by atoms with E-state index in [2.05, 4.69) is 26.0 Å². The summed E-state index contributed by atoms with van der Waals surface area (Å²) in [6, 6.07) is 1.39. The number of hydrogen-bond acceptors (Lipinski definition) is 3. The van der Waals surface area contributed by atoms with Crippen LogP contribution in [-0.2, 0) is 0 Å². The van der Waals surface area contributed by atoms with Crippen LogP contribution < -0.4 is 4.90 Å². The number of nitrogens with zero attached hydrogens (tertiary/aromatic N) is 4. The second-order valence-electron chi connectivity index (χ2n) is 3.05. The summed E-state index contributed by atoms with van der Waals surface area (Å²) < 4.78 is 15.6. The Kier molecular flexibility index (Phi) is 2.14. The topological polar surface area (TPSA) is 33.4 Å². The van der Waals surface area contributed by atoms with Gasteiger partial charge in [0.15, 0.2) is 17.3 Å². The smallest absolute Gasteiger partial charge is 0.172 e. The van der Waals surface area contributed by atoms with E-state index in [1.54, 1.807) is 19.0 Å². The van der Waals surface area contributed by atoms with Gasteiger partial charge < -0.3 is 4.90 Å². The van der Waals surface area contributed by atoms with Crippen molar-refractivity contribution < 1.29 is 4.39 Å². The van der Waals surface area contributed by atoms with Crippen LogP contribution in [0.3, 0.4) is 0 Å². The standard InChI is InChI=1S/C8H8BrFN4/c1-13(2)8-6(10)3-5(9)7-11-4-12-14(7)8/h3-4H,1-2H3. The predicted molar refractivity (Wildman–Crippen MR) is 55.0 cm³/mol. The van der Waals surface area contributed by atoms with E-state index in [1.165, 1.54) is 16.9 Å². The van der Waals surface area contributed by atoms with Gasteiger partial charge in [0, 0.05) is 14.1 Å². The van der Waals surface area contributed by atoms with E-state index >= 15 is 0 Å². The maximum absolute atomic E-state index is 13.5. The summed E-state index contributed by atoms with van der Waals surface area (Å²) in [6.45, 7) is 0. The van der Waals surface area contributed by atoms with Crippen molar-refractivity contribution in [3.05, 3.63) is 22.7 Å². The second kappa shape index (κ2) is 3.20. The molecule has 0 radical (unpaired) electrons. The maximum Gasteiger partial charge on any atom is 0.172 e. The first-order valence-electron chi connectivity index (χ1n) is 3.96. The number of rotatable bonds is 1. The zero-order valence-electron chi connectivity index (χ0n) is 7.70. The molecule has 0 bridgehead atoms. The van der Waals surface area contributed by atoms with Gasteiger partial charge in [-0.3, -0.25) is 0 Å². The van der Waals surface area contributed by atoms with Crippen molar-refractivity contribution in [2.75, 3.05) is 19.0 Å². The Morgan fingerprint density at radius 3 is 2.86 bits per heavy atom. The van der Waals surface area contributed by atoms with Gasteiger partial charge in [0.2, 0.25) is 0 Å². The predicted octanol–water partition coefficient (Wildman–Crippen LogP) is 1.70. The van der Waals surface area contributed by atoms with E-state index in [4.69, 9.17) is 0 Å². The number of fused-ring (bicyclic) bond motifs is 1. The number of hydrogen-bond donors (Lipinski definition) is 0. The quantitative estimate of drug-likeness (QED) is 0.781. The Bertz CT molecular complexity index is 479. The molecule has 0 atom stereocenters. The fourth-order valence-electron chi connectivity index (χ4n) is 1.30. The van der Waals surface area contributed by atoms with Crippen LogP contribution in [0, 0.1) is 5.82 Å². The molecule has 2 aromatic heterocycles. The van der Waals surface area contributed by atoms with Gasteiger partial charge in [-0.15, -0.1) is 0 Å². The van der Waals surface area contributed by atoms with Gasteiger partial charge in [0.1, 0.15) is 6.33 Å². The summed E-state index contributed by atoms with van der Waals surface area (Å²) in [5.41, 5.74) is 0.607.